The van der Waals surface area contributed by atoms with Crippen LogP contribution in [0.4, 0.5) is 0 Å². The molecule has 0 saturated carbocycles. The van der Waals surface area contributed by atoms with Crippen LogP contribution in [0.25, 0.3) is 0 Å². The fourth-order valence-corrected chi connectivity index (χ4v) is 6.17. The molecule has 206 valence electrons. The molecular formula is C37H42N2O. The van der Waals surface area contributed by atoms with Crippen molar-refractivity contribution in [2.75, 3.05) is 13.1 Å². The normalized spacial score (nSPS) is 16.3. The Labute approximate surface area is 240 Å². The summed E-state index contributed by atoms with van der Waals surface area (Å²) in [6, 6.07) is 42.5. The van der Waals surface area contributed by atoms with Crippen molar-refractivity contribution in [1.82, 2.24) is 9.80 Å². The molecule has 0 radical (unpaired) electrons. The third-order valence-electron chi connectivity index (χ3n) is 8.20. The molecule has 0 N–H and O–H groups in total. The third kappa shape index (κ3) is 7.70. The summed E-state index contributed by atoms with van der Waals surface area (Å²) >= 11 is 0. The van der Waals surface area contributed by atoms with Crippen molar-refractivity contribution in [3.8, 4) is 0 Å². The van der Waals surface area contributed by atoms with Crippen molar-refractivity contribution >= 4 is 5.91 Å². The predicted octanol–water partition coefficient (Wildman–Crippen LogP) is 7.88. The van der Waals surface area contributed by atoms with Gasteiger partial charge in [-0.3, -0.25) is 9.69 Å². The van der Waals surface area contributed by atoms with Gasteiger partial charge < -0.3 is 4.90 Å². The lowest BCUT2D eigenvalue weighted by atomic mass is 9.96. The molecule has 0 spiro atoms. The molecule has 0 bridgehead atoms. The SMILES string of the molecule is O=C1C(c2ccccc2)N(Cc2ccccc2)CCCN1C(CCCc1ccccc1)CCCc1ccccc1. The quantitative estimate of drug-likeness (QED) is 0.186. The van der Waals surface area contributed by atoms with Gasteiger partial charge in [0.15, 0.2) is 0 Å². The van der Waals surface area contributed by atoms with Crippen LogP contribution in [0.3, 0.4) is 0 Å². The van der Waals surface area contributed by atoms with Crippen molar-refractivity contribution in [2.45, 2.75) is 63.6 Å². The number of carbonyl (C=O) groups is 1. The number of amides is 1. The summed E-state index contributed by atoms with van der Waals surface area (Å²) in [5, 5.41) is 0. The van der Waals surface area contributed by atoms with E-state index in [0.29, 0.717) is 0 Å². The van der Waals surface area contributed by atoms with Crippen molar-refractivity contribution in [1.29, 1.82) is 0 Å². The van der Waals surface area contributed by atoms with E-state index in [2.05, 4.69) is 125 Å². The Balaban J connectivity index is 1.36. The topological polar surface area (TPSA) is 23.6 Å². The van der Waals surface area contributed by atoms with E-state index in [1.807, 2.05) is 6.07 Å². The summed E-state index contributed by atoms with van der Waals surface area (Å²) in [5.74, 6) is 0.268. The summed E-state index contributed by atoms with van der Waals surface area (Å²) in [7, 11) is 0. The van der Waals surface area contributed by atoms with Crippen LogP contribution < -0.4 is 0 Å². The van der Waals surface area contributed by atoms with E-state index >= 15 is 0 Å². The molecule has 1 saturated heterocycles. The molecule has 1 aliphatic heterocycles. The molecule has 1 heterocycles. The van der Waals surface area contributed by atoms with E-state index in [9.17, 15) is 4.79 Å². The van der Waals surface area contributed by atoms with Gasteiger partial charge in [0.25, 0.3) is 0 Å². The molecule has 1 unspecified atom stereocenters. The highest BCUT2D eigenvalue weighted by Crippen LogP contribution is 2.31. The van der Waals surface area contributed by atoms with E-state index in [1.165, 1.54) is 16.7 Å². The first-order valence-electron chi connectivity index (χ1n) is 15.0. The van der Waals surface area contributed by atoms with Crippen molar-refractivity contribution in [3.05, 3.63) is 144 Å². The first-order valence-corrected chi connectivity index (χ1v) is 15.0. The molecule has 40 heavy (non-hydrogen) atoms. The van der Waals surface area contributed by atoms with Gasteiger partial charge in [-0.15, -0.1) is 0 Å². The van der Waals surface area contributed by atoms with Crippen LogP contribution >= 0.6 is 0 Å². The highest BCUT2D eigenvalue weighted by molar-refractivity contribution is 5.84. The van der Waals surface area contributed by atoms with E-state index in [4.69, 9.17) is 0 Å². The van der Waals surface area contributed by atoms with Gasteiger partial charge in [-0.2, -0.15) is 0 Å². The highest BCUT2D eigenvalue weighted by Gasteiger charge is 2.36. The lowest BCUT2D eigenvalue weighted by Crippen LogP contribution is -2.45. The summed E-state index contributed by atoms with van der Waals surface area (Å²) in [6.45, 7) is 2.53. The first kappa shape index (κ1) is 27.9. The smallest absolute Gasteiger partial charge is 0.244 e. The maximum Gasteiger partial charge on any atom is 0.244 e. The molecule has 1 fully saturated rings. The van der Waals surface area contributed by atoms with Crippen LogP contribution in [0.1, 0.15) is 60.4 Å². The predicted molar refractivity (Wildman–Crippen MR) is 165 cm³/mol. The molecule has 3 heteroatoms. The molecule has 4 aromatic carbocycles. The number of benzene rings is 4. The van der Waals surface area contributed by atoms with Crippen molar-refractivity contribution < 1.29 is 4.79 Å². The fraction of sp³-hybridized carbons (Fsp3) is 0.324. The Morgan fingerprint density at radius 2 is 1.07 bits per heavy atom. The second-order valence-corrected chi connectivity index (χ2v) is 11.1. The monoisotopic (exact) mass is 530 g/mol. The molecule has 1 amide bonds. The second kappa shape index (κ2) is 14.6. The van der Waals surface area contributed by atoms with Gasteiger partial charge in [-0.25, -0.2) is 0 Å². The minimum Gasteiger partial charge on any atom is -0.338 e. The van der Waals surface area contributed by atoms with Gasteiger partial charge in [-0.05, 0) is 67.2 Å². The molecular weight excluding hydrogens is 488 g/mol. The van der Waals surface area contributed by atoms with E-state index in [0.717, 1.165) is 70.1 Å². The lowest BCUT2D eigenvalue weighted by Gasteiger charge is -2.35. The number of nitrogens with zero attached hydrogens (tertiary/aromatic N) is 2. The summed E-state index contributed by atoms with van der Waals surface area (Å²) in [6.07, 6.45) is 7.36. The Morgan fingerprint density at radius 1 is 0.600 bits per heavy atom. The molecule has 5 rings (SSSR count). The fourth-order valence-electron chi connectivity index (χ4n) is 6.17. The van der Waals surface area contributed by atoms with Crippen LogP contribution in [-0.2, 0) is 24.2 Å². The number of carbonyl (C=O) groups excluding carboxylic acids is 1. The molecule has 0 aliphatic carbocycles. The molecule has 0 aromatic heterocycles. The van der Waals surface area contributed by atoms with Crippen LogP contribution in [0.2, 0.25) is 0 Å². The van der Waals surface area contributed by atoms with E-state index in [-0.39, 0.29) is 18.0 Å². The zero-order valence-corrected chi connectivity index (χ0v) is 23.6. The van der Waals surface area contributed by atoms with Crippen LogP contribution in [0.15, 0.2) is 121 Å². The van der Waals surface area contributed by atoms with Crippen molar-refractivity contribution in [3.63, 3.8) is 0 Å². The zero-order valence-electron chi connectivity index (χ0n) is 23.6. The van der Waals surface area contributed by atoms with Gasteiger partial charge in [0.05, 0.1) is 0 Å². The van der Waals surface area contributed by atoms with Gasteiger partial charge >= 0.3 is 0 Å². The number of hydrogen-bond acceptors (Lipinski definition) is 2. The Kier molecular flexibility index (Phi) is 10.2. The van der Waals surface area contributed by atoms with E-state index in [1.54, 1.807) is 0 Å². The maximum absolute atomic E-state index is 14.5. The molecule has 3 nitrogen and oxygen atoms in total. The lowest BCUT2D eigenvalue weighted by molar-refractivity contribution is -0.138. The van der Waals surface area contributed by atoms with Gasteiger partial charge in [0.2, 0.25) is 5.91 Å². The highest BCUT2D eigenvalue weighted by atomic mass is 16.2. The molecule has 1 aliphatic rings. The van der Waals surface area contributed by atoms with Crippen LogP contribution in [0, 0.1) is 0 Å². The Morgan fingerprint density at radius 3 is 1.60 bits per heavy atom. The molecule has 4 aromatic rings. The second-order valence-electron chi connectivity index (χ2n) is 11.1. The Bertz CT molecular complexity index is 1230. The van der Waals surface area contributed by atoms with Gasteiger partial charge in [0, 0.05) is 25.7 Å². The van der Waals surface area contributed by atoms with Crippen LogP contribution in [-0.4, -0.2) is 34.8 Å². The standard InChI is InChI=1S/C37H42N2O/c40-37-36(34-24-11-4-12-25-34)38(30-33-20-9-3-10-21-33)28-15-29-39(37)35(26-13-22-31-16-5-1-6-17-31)27-14-23-32-18-7-2-8-19-32/h1-12,16-21,24-25,35-36H,13-15,22-23,26-30H2. The minimum atomic E-state index is -0.255. The maximum atomic E-state index is 14.5. The number of rotatable bonds is 12. The largest absolute Gasteiger partial charge is 0.338 e. The number of aryl methyl sites for hydroxylation is 2. The minimum absolute atomic E-state index is 0.253. The Hall–Kier alpha value is -3.69. The van der Waals surface area contributed by atoms with Crippen LogP contribution in [0.5, 0.6) is 0 Å². The average Bonchev–Trinajstić information content (AvgIpc) is 3.16. The molecule has 1 atom stereocenters. The van der Waals surface area contributed by atoms with E-state index < -0.39 is 0 Å². The summed E-state index contributed by atoms with van der Waals surface area (Å²) in [4.78, 5) is 19.2. The van der Waals surface area contributed by atoms with Crippen molar-refractivity contribution in [2.24, 2.45) is 0 Å². The summed E-state index contributed by atoms with van der Waals surface area (Å²) < 4.78 is 0. The van der Waals surface area contributed by atoms with Gasteiger partial charge in [-0.1, -0.05) is 121 Å². The first-order chi connectivity index (χ1) is 19.8. The summed E-state index contributed by atoms with van der Waals surface area (Å²) in [5.41, 5.74) is 5.11. The third-order valence-corrected chi connectivity index (χ3v) is 8.20. The zero-order chi connectivity index (χ0) is 27.4. The van der Waals surface area contributed by atoms with Gasteiger partial charge in [0.1, 0.15) is 6.04 Å². The number of hydrogen-bond donors (Lipinski definition) is 0. The average molecular weight is 531 g/mol.